The molecule has 0 amide bonds. The molecule has 0 aromatic carbocycles. The van der Waals surface area contributed by atoms with E-state index in [1.807, 2.05) is 0 Å². The van der Waals surface area contributed by atoms with Crippen LogP contribution in [0.25, 0.3) is 0 Å². The summed E-state index contributed by atoms with van der Waals surface area (Å²) in [5.41, 5.74) is 11.0. The number of hydrogen-bond acceptors (Lipinski definition) is 2. The van der Waals surface area contributed by atoms with Crippen LogP contribution in [-0.4, -0.2) is 12.1 Å². The Morgan fingerprint density at radius 1 is 1.40 bits per heavy atom. The monoisotopic (exact) mass is 549 g/mol. The van der Waals surface area contributed by atoms with E-state index in [0.29, 0.717) is 17.1 Å². The Morgan fingerprint density at radius 3 is 1.80 bits per heavy atom. The summed E-state index contributed by atoms with van der Waals surface area (Å²) < 4.78 is 0. The summed E-state index contributed by atoms with van der Waals surface area (Å²) in [5.74, 6) is 0.662. The van der Waals surface area contributed by atoms with E-state index < -0.39 is 0 Å². The number of hydrogen-bond donors (Lipinski definition) is 2. The zero-order chi connectivity index (χ0) is 8.15. The van der Waals surface area contributed by atoms with Crippen LogP contribution in [0.1, 0.15) is 13.3 Å². The maximum atomic E-state index is 5.54. The van der Waals surface area contributed by atoms with Crippen LogP contribution in [0.5, 0.6) is 0 Å². The molecule has 1 aliphatic carbocycles. The predicted octanol–water partition coefficient (Wildman–Crippen LogP) is 1.45. The number of nitrogens with two attached hydrogens (primary N) is 2. The summed E-state index contributed by atoms with van der Waals surface area (Å²) in [4.78, 5) is 0. The average molecular weight is 549 g/mol. The van der Waals surface area contributed by atoms with Crippen molar-refractivity contribution in [2.24, 2.45) is 17.4 Å². The Kier molecular flexibility index (Phi) is 7.93. The first kappa shape index (κ1) is 12.1. The van der Waals surface area contributed by atoms with Gasteiger partial charge in [0.15, 0.2) is 0 Å². The minimum atomic E-state index is 0.278. The molecular formula is C5H12I2N2Pt. The summed E-state index contributed by atoms with van der Waals surface area (Å²) >= 11 is 5.30. The molecule has 3 atom stereocenters. The molecule has 0 aromatic heterocycles. The Bertz CT molecular complexity index is 85.7. The van der Waals surface area contributed by atoms with Crippen molar-refractivity contribution in [3.8, 4) is 0 Å². The predicted molar refractivity (Wildman–Crippen MR) is 57.8 cm³/mol. The van der Waals surface area contributed by atoms with Gasteiger partial charge in [-0.3, -0.25) is 0 Å². The van der Waals surface area contributed by atoms with Crippen molar-refractivity contribution in [3.05, 3.63) is 0 Å². The van der Waals surface area contributed by atoms with Crippen LogP contribution in [0.2, 0.25) is 0 Å². The zero-order valence-electron chi connectivity index (χ0n) is 5.67. The third kappa shape index (κ3) is 4.18. The molecule has 1 rings (SSSR count). The summed E-state index contributed by atoms with van der Waals surface area (Å²) in [6.07, 6.45) is 1.11. The quantitative estimate of drug-likeness (QED) is 0.450. The van der Waals surface area contributed by atoms with Gasteiger partial charge in [0.1, 0.15) is 0 Å². The fourth-order valence-electron chi connectivity index (χ4n) is 0.970. The van der Waals surface area contributed by atoms with E-state index in [2.05, 4.69) is 45.6 Å². The van der Waals surface area contributed by atoms with E-state index in [9.17, 15) is 0 Å². The van der Waals surface area contributed by atoms with Crippen molar-refractivity contribution < 1.29 is 11.2 Å². The Labute approximate surface area is 91.4 Å². The third-order valence-corrected chi connectivity index (χ3v) is 1.80. The molecule has 3 unspecified atom stereocenters. The van der Waals surface area contributed by atoms with Gasteiger partial charge in [0.25, 0.3) is 0 Å². The molecule has 5 heteroatoms. The van der Waals surface area contributed by atoms with Crippen molar-refractivity contribution in [1.82, 2.24) is 0 Å². The molecule has 0 radical (unpaired) electrons. The molecule has 66 valence electrons. The summed E-state index contributed by atoms with van der Waals surface area (Å²) in [5, 5.41) is 0. The van der Waals surface area contributed by atoms with E-state index in [0.717, 1.165) is 6.42 Å². The van der Waals surface area contributed by atoms with Crippen LogP contribution in [0.4, 0.5) is 0 Å². The first-order chi connectivity index (χ1) is 4.63. The van der Waals surface area contributed by atoms with Gasteiger partial charge in [-0.15, -0.1) is 0 Å². The molecular weight excluding hydrogens is 537 g/mol. The van der Waals surface area contributed by atoms with E-state index >= 15 is 0 Å². The van der Waals surface area contributed by atoms with Crippen LogP contribution >= 0.6 is 38.7 Å². The molecule has 0 aliphatic heterocycles. The summed E-state index contributed by atoms with van der Waals surface area (Å²) in [6, 6.07) is 0.565. The molecule has 1 fully saturated rings. The molecule has 0 aromatic rings. The standard InChI is InChI=1S/C5H12N2.2HI.Pt/c1-3-2-4(6)5(3)7;;;/h3-5H,2,6-7H2,1H3;2*1H;/q;;;+2/p-2. The number of halogens is 2. The Morgan fingerprint density at radius 2 is 1.80 bits per heavy atom. The molecule has 1 aliphatic rings. The van der Waals surface area contributed by atoms with E-state index in [1.54, 1.807) is 0 Å². The molecule has 0 bridgehead atoms. The molecule has 0 spiro atoms. The van der Waals surface area contributed by atoms with Gasteiger partial charge in [-0.05, 0) is 12.3 Å². The van der Waals surface area contributed by atoms with Crippen molar-refractivity contribution in [3.63, 3.8) is 0 Å². The van der Waals surface area contributed by atoms with Crippen molar-refractivity contribution >= 4 is 38.7 Å². The second-order valence-electron chi connectivity index (χ2n) is 2.50. The fourth-order valence-corrected chi connectivity index (χ4v) is 0.970. The fraction of sp³-hybridized carbons (Fsp3) is 1.00. The molecule has 1 saturated carbocycles. The van der Waals surface area contributed by atoms with Gasteiger partial charge in [0.2, 0.25) is 0 Å². The normalized spacial score (nSPS) is 37.9. The second-order valence-corrected chi connectivity index (χ2v) is 19.1. The van der Waals surface area contributed by atoms with Gasteiger partial charge in [-0.2, -0.15) is 0 Å². The van der Waals surface area contributed by atoms with Crippen LogP contribution in [-0.2, 0) is 11.2 Å². The molecule has 0 saturated heterocycles. The SMILES string of the molecule is CC1CC(N)C1N.[I][Pt][I]. The van der Waals surface area contributed by atoms with Crippen molar-refractivity contribution in [2.75, 3.05) is 0 Å². The summed E-state index contributed by atoms with van der Waals surface area (Å²) in [6.45, 7) is 2.13. The Hall–Kier alpha value is 2.07. The van der Waals surface area contributed by atoms with Crippen LogP contribution in [0, 0.1) is 5.92 Å². The van der Waals surface area contributed by atoms with Crippen LogP contribution in [0.15, 0.2) is 0 Å². The van der Waals surface area contributed by atoms with Gasteiger partial charge in [0, 0.05) is 12.1 Å². The van der Waals surface area contributed by atoms with Gasteiger partial charge in [0.05, 0.1) is 0 Å². The van der Waals surface area contributed by atoms with Gasteiger partial charge in [-0.25, -0.2) is 0 Å². The second kappa shape index (κ2) is 6.57. The maximum absolute atomic E-state index is 5.54. The first-order valence-electron chi connectivity index (χ1n) is 2.97. The van der Waals surface area contributed by atoms with E-state index in [1.165, 1.54) is 0 Å². The van der Waals surface area contributed by atoms with E-state index in [-0.39, 0.29) is 12.1 Å². The van der Waals surface area contributed by atoms with E-state index in [4.69, 9.17) is 11.5 Å². The molecule has 2 nitrogen and oxygen atoms in total. The van der Waals surface area contributed by atoms with Gasteiger partial charge >= 0.3 is 49.9 Å². The summed E-state index contributed by atoms with van der Waals surface area (Å²) in [7, 11) is 0. The van der Waals surface area contributed by atoms with Gasteiger partial charge in [-0.1, -0.05) is 6.92 Å². The Balaban J connectivity index is 0.000000236. The molecule has 10 heavy (non-hydrogen) atoms. The number of rotatable bonds is 0. The third-order valence-electron chi connectivity index (χ3n) is 1.80. The van der Waals surface area contributed by atoms with Crippen LogP contribution < -0.4 is 11.5 Å². The average Bonchev–Trinajstić information content (AvgIpc) is 1.90. The molecule has 0 heterocycles. The topological polar surface area (TPSA) is 52.0 Å². The van der Waals surface area contributed by atoms with Crippen LogP contribution in [0.3, 0.4) is 0 Å². The van der Waals surface area contributed by atoms with Gasteiger partial charge < -0.3 is 11.5 Å². The van der Waals surface area contributed by atoms with Crippen molar-refractivity contribution in [2.45, 2.75) is 25.4 Å². The first-order valence-corrected chi connectivity index (χ1v) is 15.9. The minimum absolute atomic E-state index is 0.278. The zero-order valence-corrected chi connectivity index (χ0v) is 12.3. The van der Waals surface area contributed by atoms with Crippen molar-refractivity contribution in [1.29, 1.82) is 0 Å². The molecule has 4 N–H and O–H groups in total.